The Balaban J connectivity index is 1.01. The van der Waals surface area contributed by atoms with E-state index in [1.165, 1.54) is 16.7 Å². The Hall–Kier alpha value is -5.84. The molecular formula is C41H50N9O14P2+. The summed E-state index contributed by atoms with van der Waals surface area (Å²) in [7, 11) is -2.66. The molecule has 2 aromatic carbocycles. The number of imidazole rings is 1. The summed E-state index contributed by atoms with van der Waals surface area (Å²) in [5.74, 6) is -0.924. The van der Waals surface area contributed by atoms with E-state index in [2.05, 4.69) is 30.1 Å². The molecule has 1 saturated heterocycles. The minimum Gasteiger partial charge on any atom is -0.478 e. The second-order valence-corrected chi connectivity index (χ2v) is 18.4. The number of ether oxygens (including phenoxy) is 1. The number of aliphatic hydroxyl groups excluding tert-OH is 1. The number of benzene rings is 3. The van der Waals surface area contributed by atoms with Crippen molar-refractivity contribution in [2.45, 2.75) is 50.2 Å². The molecule has 0 unspecified atom stereocenters. The zero-order chi connectivity index (χ0) is 47.7. The lowest BCUT2D eigenvalue weighted by Crippen LogP contribution is -2.36. The van der Waals surface area contributed by atoms with Crippen molar-refractivity contribution < 1.29 is 66.7 Å². The number of nitrogens with two attached hydrogens (primary N) is 1. The fraction of sp³-hybridized carbons (Fsp3) is 0.366. The van der Waals surface area contributed by atoms with Crippen LogP contribution in [-0.2, 0) is 22.9 Å². The number of aliphatic hydroxyl groups is 1. The molecule has 1 aliphatic carbocycles. The molecule has 2 aromatic heterocycles. The van der Waals surface area contributed by atoms with Gasteiger partial charge in [0.2, 0.25) is 11.3 Å². The topological polar surface area (TPSA) is 330 Å². The first-order valence-corrected chi connectivity index (χ1v) is 23.6. The quantitative estimate of drug-likeness (QED) is 0.0259. The van der Waals surface area contributed by atoms with Crippen molar-refractivity contribution >= 4 is 67.1 Å². The molecule has 7 rings (SSSR count). The second kappa shape index (κ2) is 19.6. The van der Waals surface area contributed by atoms with E-state index in [1.54, 1.807) is 6.07 Å². The van der Waals surface area contributed by atoms with Crippen LogP contribution in [0.2, 0.25) is 0 Å². The van der Waals surface area contributed by atoms with E-state index in [4.69, 9.17) is 19.4 Å². The fourth-order valence-corrected chi connectivity index (χ4v) is 8.64. The van der Waals surface area contributed by atoms with E-state index in [1.807, 2.05) is 74.1 Å². The van der Waals surface area contributed by atoms with Crippen molar-refractivity contribution in [3.63, 3.8) is 0 Å². The molecule has 3 aliphatic rings. The highest BCUT2D eigenvalue weighted by Crippen LogP contribution is 2.47. The number of hydrogen-bond donors (Lipinski definition) is 9. The van der Waals surface area contributed by atoms with Crippen LogP contribution < -0.4 is 31.2 Å². The van der Waals surface area contributed by atoms with E-state index in [0.29, 0.717) is 72.2 Å². The number of carboxylic acid groups (broad SMARTS) is 1. The van der Waals surface area contributed by atoms with Crippen molar-refractivity contribution in [3.05, 3.63) is 77.4 Å². The Labute approximate surface area is 376 Å². The average molecular weight is 955 g/mol. The molecule has 352 valence electrons. The lowest BCUT2D eigenvalue weighted by molar-refractivity contribution is -0.0492. The number of phosphoric ester groups is 2. The standard InChI is InChI=1S/C41H49N9O14P2/c1-48(2)23-10-13-26-29(18-23)62-30-19-24(49(3)4)11-14-27(30)32(26)28-17-22(9-12-25(28)40(53)54)38(52)43-15-7-5-6-8-16-44-41-47-33-36(42)45-21-46-37(33)50(41)39-34(51)35(64-66(58,59)60)31(63-39)20-61-65(55,56)57/h9-14,17-19,21,31,34-35,39,51H,5-8,15-16,20H2,1-4H3,(H8-,42,43,44,45,46,47,52,53,54,55,56,57,58,59,60)/p+1/t31-,34-,35-,39-/m1/s1. The molecule has 23 nitrogen and oxygen atoms in total. The minimum absolute atomic E-state index is 0.0229. The second-order valence-electron chi connectivity index (χ2n) is 15.9. The molecule has 66 heavy (non-hydrogen) atoms. The first-order chi connectivity index (χ1) is 31.2. The van der Waals surface area contributed by atoms with E-state index < -0.39 is 52.8 Å². The maximum atomic E-state index is 13.6. The predicted molar refractivity (Wildman–Crippen MR) is 241 cm³/mol. The summed E-state index contributed by atoms with van der Waals surface area (Å²) in [4.78, 5) is 78.3. The zero-order valence-corrected chi connectivity index (χ0v) is 37.9. The number of unbranched alkanes of at least 4 members (excludes halogenated alkanes) is 3. The van der Waals surface area contributed by atoms with Crippen molar-refractivity contribution in [2.24, 2.45) is 0 Å². The van der Waals surface area contributed by atoms with Gasteiger partial charge in [-0.3, -0.25) is 18.4 Å². The molecular weight excluding hydrogens is 904 g/mol. The SMILES string of the molecule is CN(C)c1ccc2c(-c3cc(C(=O)NCCCCCCNc4nc5c(N)ncnc5n4[C@@H]4O[C@H](COP(=O)(O)O)[C@@H](OP(=O)(O)O)[C@H]4O)ccc3C(=O)O)c3ccc(=[N+](C)C)cc-3oc2c1. The molecule has 2 aliphatic heterocycles. The third-order valence-corrected chi connectivity index (χ3v) is 11.9. The van der Waals surface area contributed by atoms with Crippen molar-refractivity contribution in [3.8, 4) is 22.5 Å². The number of fused-ring (bicyclic) bond motifs is 3. The molecule has 4 aromatic rings. The number of rotatable bonds is 18. The number of nitrogens with zero attached hydrogens (tertiary/aromatic N) is 6. The van der Waals surface area contributed by atoms with Gasteiger partial charge in [-0.25, -0.2) is 33.5 Å². The number of nitrogen functional groups attached to an aromatic ring is 1. The van der Waals surface area contributed by atoms with Gasteiger partial charge in [-0.1, -0.05) is 12.8 Å². The van der Waals surface area contributed by atoms with Crippen LogP contribution in [0.5, 0.6) is 0 Å². The third-order valence-electron chi connectivity index (χ3n) is 10.9. The molecule has 0 radical (unpaired) electrons. The number of aromatic nitrogens is 4. The monoisotopic (exact) mass is 954 g/mol. The van der Waals surface area contributed by atoms with Gasteiger partial charge in [0, 0.05) is 67.1 Å². The Morgan fingerprint density at radius 2 is 1.68 bits per heavy atom. The first kappa shape index (κ1) is 48.1. The summed E-state index contributed by atoms with van der Waals surface area (Å²) in [5, 5.41) is 29.2. The van der Waals surface area contributed by atoms with Gasteiger partial charge in [0.05, 0.1) is 18.2 Å². The molecule has 0 bridgehead atoms. The van der Waals surface area contributed by atoms with Gasteiger partial charge in [0.25, 0.3) is 5.91 Å². The molecule has 0 saturated carbocycles. The highest BCUT2D eigenvalue weighted by atomic mass is 31.2. The van der Waals surface area contributed by atoms with Crippen LogP contribution >= 0.6 is 15.6 Å². The highest BCUT2D eigenvalue weighted by molar-refractivity contribution is 7.46. The summed E-state index contributed by atoms with van der Waals surface area (Å²) in [6, 6.07) is 15.9. The van der Waals surface area contributed by atoms with Crippen LogP contribution in [0.15, 0.2) is 65.3 Å². The van der Waals surface area contributed by atoms with Gasteiger partial charge in [-0.2, -0.15) is 0 Å². The number of carboxylic acids is 1. The number of phosphoric acid groups is 2. The molecule has 0 spiro atoms. The van der Waals surface area contributed by atoms with E-state index in [9.17, 15) is 48.5 Å². The van der Waals surface area contributed by atoms with Gasteiger partial charge in [-0.05, 0) is 54.8 Å². The minimum atomic E-state index is -5.25. The zero-order valence-electron chi connectivity index (χ0n) is 36.1. The molecule has 25 heteroatoms. The smallest absolute Gasteiger partial charge is 0.470 e. The fourth-order valence-electron chi connectivity index (χ4n) is 7.72. The van der Waals surface area contributed by atoms with Gasteiger partial charge in [-0.15, -0.1) is 0 Å². The third kappa shape index (κ3) is 10.7. The Morgan fingerprint density at radius 1 is 0.939 bits per heavy atom. The normalized spacial score (nSPS) is 17.7. The average Bonchev–Trinajstić information content (AvgIpc) is 3.77. The number of carbonyl (C=O) groups is 2. The maximum Gasteiger partial charge on any atom is 0.470 e. The van der Waals surface area contributed by atoms with E-state index >= 15 is 0 Å². The summed E-state index contributed by atoms with van der Waals surface area (Å²) in [6.45, 7) is -0.252. The lowest BCUT2D eigenvalue weighted by Gasteiger charge is -2.21. The Kier molecular flexibility index (Phi) is 14.3. The molecule has 1 fully saturated rings. The Morgan fingerprint density at radius 3 is 2.36 bits per heavy atom. The van der Waals surface area contributed by atoms with Crippen LogP contribution in [-0.4, -0.2) is 127 Å². The maximum absolute atomic E-state index is 13.6. The van der Waals surface area contributed by atoms with Crippen LogP contribution in [0, 0.1) is 0 Å². The van der Waals surface area contributed by atoms with Crippen LogP contribution in [0.1, 0.15) is 52.6 Å². The highest BCUT2D eigenvalue weighted by Gasteiger charge is 2.50. The first-order valence-electron chi connectivity index (χ1n) is 20.5. The summed E-state index contributed by atoms with van der Waals surface area (Å²) >= 11 is 0. The summed E-state index contributed by atoms with van der Waals surface area (Å²) in [5.41, 5.74) is 9.64. The molecule has 1 amide bonds. The van der Waals surface area contributed by atoms with Crippen molar-refractivity contribution in [1.82, 2.24) is 29.4 Å². The number of hydrogen-bond acceptors (Lipinski definition) is 15. The predicted octanol–water partition coefficient (Wildman–Crippen LogP) is 2.97. The number of carbonyl (C=O) groups excluding carboxylic acids is 1. The van der Waals surface area contributed by atoms with Gasteiger partial charge in [0.15, 0.2) is 23.2 Å². The van der Waals surface area contributed by atoms with Gasteiger partial charge >= 0.3 is 21.6 Å². The van der Waals surface area contributed by atoms with Crippen LogP contribution in [0.25, 0.3) is 44.6 Å². The van der Waals surface area contributed by atoms with Gasteiger partial charge in [0.1, 0.15) is 50.1 Å². The van der Waals surface area contributed by atoms with Crippen LogP contribution in [0.3, 0.4) is 0 Å². The van der Waals surface area contributed by atoms with E-state index in [0.717, 1.165) is 17.4 Å². The Bertz CT molecular complexity index is 2930. The van der Waals surface area contributed by atoms with Crippen LogP contribution in [0.4, 0.5) is 17.5 Å². The molecule has 4 atom stereocenters. The molecule has 4 heterocycles. The summed E-state index contributed by atoms with van der Waals surface area (Å²) in [6.07, 6.45) is -2.96. The van der Waals surface area contributed by atoms with E-state index in [-0.39, 0.29) is 40.0 Å². The van der Waals surface area contributed by atoms with Crippen molar-refractivity contribution in [1.29, 1.82) is 0 Å². The van der Waals surface area contributed by atoms with Gasteiger partial charge < -0.3 is 60.2 Å². The number of amides is 1. The van der Waals surface area contributed by atoms with Crippen molar-refractivity contribution in [2.75, 3.05) is 63.8 Å². The molecule has 10 N–H and O–H groups in total. The summed E-state index contributed by atoms with van der Waals surface area (Å²) < 4.78 is 47.9. The number of aromatic carboxylic acids is 1. The number of nitrogens with one attached hydrogen (secondary N) is 2. The largest absolute Gasteiger partial charge is 0.478 e. The number of anilines is 3. The lowest BCUT2D eigenvalue weighted by atomic mass is 9.89.